The predicted octanol–water partition coefficient (Wildman–Crippen LogP) is 2.64. The Kier molecular flexibility index (Phi) is 5.39. The quantitative estimate of drug-likeness (QED) is 0.799. The zero-order valence-electron chi connectivity index (χ0n) is 11.7. The van der Waals surface area contributed by atoms with E-state index in [-0.39, 0.29) is 6.54 Å². The monoisotopic (exact) mass is 298 g/mol. The van der Waals surface area contributed by atoms with Gasteiger partial charge in [-0.05, 0) is 17.0 Å². The lowest BCUT2D eigenvalue weighted by molar-refractivity contribution is -0.141. The summed E-state index contributed by atoms with van der Waals surface area (Å²) in [4.78, 5) is 22.9. The van der Waals surface area contributed by atoms with Crippen LogP contribution in [-0.2, 0) is 11.3 Å². The summed E-state index contributed by atoms with van der Waals surface area (Å²) in [5, 5.41) is 14.7. The van der Waals surface area contributed by atoms with E-state index in [9.17, 15) is 9.59 Å². The van der Waals surface area contributed by atoms with Crippen LogP contribution in [0.15, 0.2) is 24.3 Å². The van der Waals surface area contributed by atoms with Crippen molar-refractivity contribution in [3.63, 3.8) is 0 Å². The fourth-order valence-electron chi connectivity index (χ4n) is 1.65. The summed E-state index contributed by atoms with van der Waals surface area (Å²) < 4.78 is 0. The Morgan fingerprint density at radius 2 is 1.90 bits per heavy atom. The van der Waals surface area contributed by atoms with E-state index in [1.165, 1.54) is 0 Å². The van der Waals surface area contributed by atoms with Gasteiger partial charge in [0.2, 0.25) is 0 Å². The zero-order valence-corrected chi connectivity index (χ0v) is 12.5. The molecule has 0 aliphatic heterocycles. The summed E-state index contributed by atoms with van der Waals surface area (Å²) in [7, 11) is 0. The Morgan fingerprint density at radius 3 is 2.40 bits per heavy atom. The standard InChI is InChI=1S/C14H19ClN2O3/c1-14(2,3)11(12(18)19)17-13(20)16-8-9-6-4-5-7-10(9)15/h4-7,11H,8H2,1-3H3,(H,18,19)(H2,16,17,20)/t11-/m1/s1. The van der Waals surface area contributed by atoms with Crippen LogP contribution in [0.5, 0.6) is 0 Å². The highest BCUT2D eigenvalue weighted by atomic mass is 35.5. The fourth-order valence-corrected chi connectivity index (χ4v) is 1.85. The third-order valence-electron chi connectivity index (χ3n) is 2.79. The number of carbonyl (C=O) groups is 2. The van der Waals surface area contributed by atoms with Gasteiger partial charge < -0.3 is 15.7 Å². The number of amides is 2. The average Bonchev–Trinajstić information content (AvgIpc) is 2.33. The van der Waals surface area contributed by atoms with Gasteiger partial charge in [0, 0.05) is 11.6 Å². The van der Waals surface area contributed by atoms with E-state index in [2.05, 4.69) is 10.6 Å². The summed E-state index contributed by atoms with van der Waals surface area (Å²) in [6, 6.07) is 5.63. The van der Waals surface area contributed by atoms with Crippen LogP contribution in [0.1, 0.15) is 26.3 Å². The highest BCUT2D eigenvalue weighted by Gasteiger charge is 2.32. The SMILES string of the molecule is CC(C)(C)[C@H](NC(=O)NCc1ccccc1Cl)C(=O)O. The molecule has 1 aromatic carbocycles. The number of halogens is 1. The number of hydrogen-bond donors (Lipinski definition) is 3. The van der Waals surface area contributed by atoms with Crippen molar-refractivity contribution in [1.29, 1.82) is 0 Å². The van der Waals surface area contributed by atoms with Gasteiger partial charge in [-0.2, -0.15) is 0 Å². The number of nitrogens with one attached hydrogen (secondary N) is 2. The summed E-state index contributed by atoms with van der Waals surface area (Å²) in [6.07, 6.45) is 0. The smallest absolute Gasteiger partial charge is 0.326 e. The zero-order chi connectivity index (χ0) is 15.3. The van der Waals surface area contributed by atoms with E-state index in [1.807, 2.05) is 6.07 Å². The first-order valence-electron chi connectivity index (χ1n) is 6.22. The lowest BCUT2D eigenvalue weighted by Gasteiger charge is -2.27. The first-order chi connectivity index (χ1) is 9.21. The molecule has 0 aliphatic rings. The van der Waals surface area contributed by atoms with Gasteiger partial charge in [0.25, 0.3) is 0 Å². The van der Waals surface area contributed by atoms with Crippen LogP contribution in [0.3, 0.4) is 0 Å². The maximum Gasteiger partial charge on any atom is 0.326 e. The fraction of sp³-hybridized carbons (Fsp3) is 0.429. The van der Waals surface area contributed by atoms with Crippen LogP contribution in [-0.4, -0.2) is 23.1 Å². The van der Waals surface area contributed by atoms with E-state index < -0.39 is 23.5 Å². The topological polar surface area (TPSA) is 78.4 Å². The molecule has 6 heteroatoms. The molecule has 2 amide bonds. The minimum absolute atomic E-state index is 0.238. The molecule has 0 aliphatic carbocycles. The summed E-state index contributed by atoms with van der Waals surface area (Å²) >= 11 is 5.97. The number of carboxylic acid groups (broad SMARTS) is 1. The molecule has 0 heterocycles. The van der Waals surface area contributed by atoms with Crippen LogP contribution in [0, 0.1) is 5.41 Å². The Bertz CT molecular complexity index is 497. The van der Waals surface area contributed by atoms with Gasteiger partial charge in [-0.1, -0.05) is 50.6 Å². The lowest BCUT2D eigenvalue weighted by atomic mass is 9.87. The minimum atomic E-state index is -1.06. The van der Waals surface area contributed by atoms with Crippen molar-refractivity contribution in [2.75, 3.05) is 0 Å². The van der Waals surface area contributed by atoms with Crippen LogP contribution in [0.25, 0.3) is 0 Å². The van der Waals surface area contributed by atoms with Crippen molar-refractivity contribution in [1.82, 2.24) is 10.6 Å². The van der Waals surface area contributed by atoms with Crippen LogP contribution >= 0.6 is 11.6 Å². The highest BCUT2D eigenvalue weighted by molar-refractivity contribution is 6.31. The molecule has 110 valence electrons. The Balaban J connectivity index is 2.60. The summed E-state index contributed by atoms with van der Waals surface area (Å²) in [5.74, 6) is -1.06. The first-order valence-corrected chi connectivity index (χ1v) is 6.60. The second-order valence-corrected chi connectivity index (χ2v) is 5.96. The van der Waals surface area contributed by atoms with Gasteiger partial charge in [0.05, 0.1) is 0 Å². The molecule has 5 nitrogen and oxygen atoms in total. The van der Waals surface area contributed by atoms with Crippen LogP contribution in [0.4, 0.5) is 4.79 Å². The normalized spacial score (nSPS) is 12.6. The molecule has 0 spiro atoms. The van der Waals surface area contributed by atoms with Gasteiger partial charge in [0.15, 0.2) is 0 Å². The van der Waals surface area contributed by atoms with Crippen molar-refractivity contribution in [3.05, 3.63) is 34.9 Å². The molecular formula is C14H19ClN2O3. The van der Waals surface area contributed by atoms with Crippen molar-refractivity contribution in [3.8, 4) is 0 Å². The summed E-state index contributed by atoms with van der Waals surface area (Å²) in [6.45, 7) is 5.49. The van der Waals surface area contributed by atoms with Gasteiger partial charge in [-0.3, -0.25) is 0 Å². The predicted molar refractivity (Wildman–Crippen MR) is 77.7 cm³/mol. The largest absolute Gasteiger partial charge is 0.480 e. The van der Waals surface area contributed by atoms with E-state index >= 15 is 0 Å². The molecule has 0 bridgehead atoms. The Labute approximate surface area is 123 Å². The molecule has 0 radical (unpaired) electrons. The lowest BCUT2D eigenvalue weighted by Crippen LogP contribution is -2.52. The number of rotatable bonds is 4. The van der Waals surface area contributed by atoms with Crippen molar-refractivity contribution < 1.29 is 14.7 Å². The van der Waals surface area contributed by atoms with Crippen molar-refractivity contribution >= 4 is 23.6 Å². The van der Waals surface area contributed by atoms with E-state index in [4.69, 9.17) is 16.7 Å². The van der Waals surface area contributed by atoms with E-state index in [0.29, 0.717) is 5.02 Å². The molecular weight excluding hydrogens is 280 g/mol. The van der Waals surface area contributed by atoms with Crippen LogP contribution < -0.4 is 10.6 Å². The molecule has 20 heavy (non-hydrogen) atoms. The number of urea groups is 1. The number of carboxylic acids is 1. The van der Waals surface area contributed by atoms with E-state index in [0.717, 1.165) is 5.56 Å². The molecule has 1 atom stereocenters. The number of hydrogen-bond acceptors (Lipinski definition) is 2. The van der Waals surface area contributed by atoms with Gasteiger partial charge in [-0.15, -0.1) is 0 Å². The molecule has 0 saturated carbocycles. The molecule has 0 fully saturated rings. The van der Waals surface area contributed by atoms with Crippen molar-refractivity contribution in [2.24, 2.45) is 5.41 Å². The second kappa shape index (κ2) is 6.61. The molecule has 3 N–H and O–H groups in total. The van der Waals surface area contributed by atoms with Gasteiger partial charge in [-0.25, -0.2) is 9.59 Å². The Morgan fingerprint density at radius 1 is 1.30 bits per heavy atom. The van der Waals surface area contributed by atoms with Crippen molar-refractivity contribution in [2.45, 2.75) is 33.4 Å². The molecule has 1 rings (SSSR count). The minimum Gasteiger partial charge on any atom is -0.480 e. The third kappa shape index (κ3) is 4.74. The van der Waals surface area contributed by atoms with E-state index in [1.54, 1.807) is 39.0 Å². The molecule has 0 aromatic heterocycles. The Hall–Kier alpha value is -1.75. The molecule has 1 aromatic rings. The number of aliphatic carboxylic acids is 1. The highest BCUT2D eigenvalue weighted by Crippen LogP contribution is 2.19. The first kappa shape index (κ1) is 16.3. The van der Waals surface area contributed by atoms with Crippen LogP contribution in [0.2, 0.25) is 5.02 Å². The number of carbonyl (C=O) groups excluding carboxylic acids is 1. The van der Waals surface area contributed by atoms with Gasteiger partial charge in [0.1, 0.15) is 6.04 Å². The summed E-state index contributed by atoms with van der Waals surface area (Å²) in [5.41, 5.74) is 0.194. The van der Waals surface area contributed by atoms with Gasteiger partial charge >= 0.3 is 12.0 Å². The maximum absolute atomic E-state index is 11.8. The second-order valence-electron chi connectivity index (χ2n) is 5.56. The average molecular weight is 299 g/mol. The molecule has 0 saturated heterocycles. The maximum atomic E-state index is 11.8. The molecule has 0 unspecified atom stereocenters. The number of benzene rings is 1. The third-order valence-corrected chi connectivity index (χ3v) is 3.15.